The van der Waals surface area contributed by atoms with Crippen LogP contribution in [-0.2, 0) is 6.18 Å². The molecule has 0 spiro atoms. The third-order valence-corrected chi connectivity index (χ3v) is 3.17. The highest BCUT2D eigenvalue weighted by molar-refractivity contribution is 5.95. The average Bonchev–Trinajstić information content (AvgIpc) is 2.58. The van der Waals surface area contributed by atoms with E-state index in [0.717, 1.165) is 6.07 Å². The van der Waals surface area contributed by atoms with Crippen molar-refractivity contribution in [2.75, 3.05) is 13.2 Å². The molecule has 1 aromatic carbocycles. The first-order valence-corrected chi connectivity index (χ1v) is 7.03. The van der Waals surface area contributed by atoms with Gasteiger partial charge in [-0.1, -0.05) is 18.2 Å². The lowest BCUT2D eigenvalue weighted by Crippen LogP contribution is -2.33. The molecule has 2 aromatic rings. The summed E-state index contributed by atoms with van der Waals surface area (Å²) in [5.41, 5.74) is -0.357. The number of nitrogens with one attached hydrogen (secondary N) is 1. The van der Waals surface area contributed by atoms with Crippen molar-refractivity contribution in [2.24, 2.45) is 0 Å². The number of alkyl halides is 3. The molecule has 0 unspecified atom stereocenters. The minimum atomic E-state index is -4.55. The Labute approximate surface area is 135 Å². The minimum absolute atomic E-state index is 0.0925. The number of aliphatic hydroxyl groups is 2. The third kappa shape index (κ3) is 4.53. The van der Waals surface area contributed by atoms with Gasteiger partial charge in [-0.3, -0.25) is 4.79 Å². The summed E-state index contributed by atoms with van der Waals surface area (Å²) < 4.78 is 38.2. The van der Waals surface area contributed by atoms with Crippen LogP contribution < -0.4 is 5.32 Å². The zero-order chi connectivity index (χ0) is 17.7. The topological polar surface area (TPSA) is 82.5 Å². The number of aliphatic hydroxyl groups excluding tert-OH is 2. The predicted octanol–water partition coefficient (Wildman–Crippen LogP) is 1.85. The van der Waals surface area contributed by atoms with Crippen LogP contribution in [0.15, 0.2) is 42.5 Å². The zero-order valence-corrected chi connectivity index (χ0v) is 12.4. The molecule has 3 N–H and O–H groups in total. The zero-order valence-electron chi connectivity index (χ0n) is 12.4. The lowest BCUT2D eigenvalue weighted by molar-refractivity contribution is -0.141. The standard InChI is InChI=1S/C16H15F3N2O3/c17-16(18,19)14-6-2-5-13(21-14)10-3-1-4-11(7-10)15(24)20-8-12(23)9-22/h1-7,12,22-23H,8-9H2,(H,20,24)/t12-/m0/s1. The van der Waals surface area contributed by atoms with Gasteiger partial charge >= 0.3 is 6.18 Å². The molecule has 0 fully saturated rings. The fraction of sp³-hybridized carbons (Fsp3) is 0.250. The first-order valence-electron chi connectivity index (χ1n) is 7.03. The molecule has 5 nitrogen and oxygen atoms in total. The molecule has 1 amide bonds. The molecule has 2 rings (SSSR count). The molecule has 8 heteroatoms. The molecule has 1 aromatic heterocycles. The highest BCUT2D eigenvalue weighted by atomic mass is 19.4. The summed E-state index contributed by atoms with van der Waals surface area (Å²) in [6.07, 6.45) is -5.63. The van der Waals surface area contributed by atoms with Crippen LogP contribution in [-0.4, -0.2) is 40.4 Å². The summed E-state index contributed by atoms with van der Waals surface area (Å²) in [5.74, 6) is -0.517. The Kier molecular flexibility index (Phi) is 5.53. The van der Waals surface area contributed by atoms with Crippen LogP contribution in [0.3, 0.4) is 0 Å². The second-order valence-corrected chi connectivity index (χ2v) is 5.03. The van der Waals surface area contributed by atoms with Crippen molar-refractivity contribution in [1.82, 2.24) is 10.3 Å². The van der Waals surface area contributed by atoms with Crippen molar-refractivity contribution in [3.8, 4) is 11.3 Å². The van der Waals surface area contributed by atoms with Gasteiger partial charge in [-0.05, 0) is 24.3 Å². The van der Waals surface area contributed by atoms with E-state index in [2.05, 4.69) is 10.3 Å². The average molecular weight is 340 g/mol. The van der Waals surface area contributed by atoms with Crippen molar-refractivity contribution >= 4 is 5.91 Å². The number of hydrogen-bond donors (Lipinski definition) is 3. The number of nitrogens with zero attached hydrogens (tertiary/aromatic N) is 1. The largest absolute Gasteiger partial charge is 0.433 e. The van der Waals surface area contributed by atoms with Gasteiger partial charge in [0.1, 0.15) is 5.69 Å². The normalized spacial score (nSPS) is 12.7. The number of rotatable bonds is 5. The molecule has 1 heterocycles. The van der Waals surface area contributed by atoms with E-state index in [-0.39, 0.29) is 17.8 Å². The first-order chi connectivity index (χ1) is 11.3. The van der Waals surface area contributed by atoms with Crippen LogP contribution in [0.4, 0.5) is 13.2 Å². The molecule has 0 aliphatic carbocycles. The summed E-state index contributed by atoms with van der Waals surface area (Å²) in [6, 6.07) is 9.49. The second-order valence-electron chi connectivity index (χ2n) is 5.03. The maximum Gasteiger partial charge on any atom is 0.433 e. The van der Waals surface area contributed by atoms with Crippen LogP contribution in [0, 0.1) is 0 Å². The van der Waals surface area contributed by atoms with Crippen molar-refractivity contribution in [2.45, 2.75) is 12.3 Å². The maximum atomic E-state index is 12.7. The number of amides is 1. The molecule has 24 heavy (non-hydrogen) atoms. The molecule has 0 aliphatic heterocycles. The van der Waals surface area contributed by atoms with Crippen LogP contribution >= 0.6 is 0 Å². The number of halogens is 3. The third-order valence-electron chi connectivity index (χ3n) is 3.17. The molecule has 0 aliphatic rings. The number of pyridine rings is 1. The smallest absolute Gasteiger partial charge is 0.394 e. The van der Waals surface area contributed by atoms with E-state index in [1.54, 1.807) is 6.07 Å². The fourth-order valence-electron chi connectivity index (χ4n) is 1.95. The molecule has 0 saturated heterocycles. The van der Waals surface area contributed by atoms with Crippen molar-refractivity contribution in [1.29, 1.82) is 0 Å². The van der Waals surface area contributed by atoms with Gasteiger partial charge in [-0.2, -0.15) is 13.2 Å². The number of carbonyl (C=O) groups excluding carboxylic acids is 1. The Balaban J connectivity index is 2.23. The summed E-state index contributed by atoms with van der Waals surface area (Å²) >= 11 is 0. The monoisotopic (exact) mass is 340 g/mol. The van der Waals surface area contributed by atoms with Gasteiger partial charge in [0, 0.05) is 17.7 Å². The number of carbonyl (C=O) groups is 1. The van der Waals surface area contributed by atoms with Gasteiger partial charge in [0.25, 0.3) is 5.91 Å². The Morgan fingerprint density at radius 3 is 2.58 bits per heavy atom. The molecular formula is C16H15F3N2O3. The quantitative estimate of drug-likeness (QED) is 0.776. The summed E-state index contributed by atoms with van der Waals surface area (Å²) in [6.45, 7) is -0.629. The van der Waals surface area contributed by atoms with E-state index >= 15 is 0 Å². The first kappa shape index (κ1) is 17.9. The van der Waals surface area contributed by atoms with E-state index in [0.29, 0.717) is 5.56 Å². The number of hydrogen-bond acceptors (Lipinski definition) is 4. The van der Waals surface area contributed by atoms with E-state index < -0.39 is 30.5 Å². The van der Waals surface area contributed by atoms with Gasteiger partial charge in [0.2, 0.25) is 0 Å². The fourth-order valence-corrected chi connectivity index (χ4v) is 1.95. The van der Waals surface area contributed by atoms with E-state index in [1.165, 1.54) is 30.3 Å². The van der Waals surface area contributed by atoms with Crippen LogP contribution in [0.2, 0.25) is 0 Å². The van der Waals surface area contributed by atoms with E-state index in [4.69, 9.17) is 5.11 Å². The second kappa shape index (κ2) is 7.41. The van der Waals surface area contributed by atoms with Crippen LogP contribution in [0.25, 0.3) is 11.3 Å². The van der Waals surface area contributed by atoms with E-state index in [1.807, 2.05) is 0 Å². The van der Waals surface area contributed by atoms with Gasteiger partial charge in [-0.15, -0.1) is 0 Å². The van der Waals surface area contributed by atoms with Gasteiger partial charge in [-0.25, -0.2) is 4.98 Å². The SMILES string of the molecule is O=C(NC[C@H](O)CO)c1cccc(-c2cccc(C(F)(F)F)n2)c1. The summed E-state index contributed by atoms with van der Waals surface area (Å²) in [4.78, 5) is 15.5. The summed E-state index contributed by atoms with van der Waals surface area (Å²) in [7, 11) is 0. The van der Waals surface area contributed by atoms with Crippen molar-refractivity contribution in [3.63, 3.8) is 0 Å². The molecule has 0 saturated carbocycles. The Morgan fingerprint density at radius 1 is 1.21 bits per heavy atom. The summed E-state index contributed by atoms with van der Waals surface area (Å²) in [5, 5.41) is 20.3. The van der Waals surface area contributed by atoms with Crippen LogP contribution in [0.5, 0.6) is 0 Å². The Hall–Kier alpha value is -2.45. The van der Waals surface area contributed by atoms with E-state index in [9.17, 15) is 23.1 Å². The highest BCUT2D eigenvalue weighted by Crippen LogP contribution is 2.29. The van der Waals surface area contributed by atoms with Gasteiger partial charge in [0.15, 0.2) is 0 Å². The molecular weight excluding hydrogens is 325 g/mol. The van der Waals surface area contributed by atoms with Crippen molar-refractivity contribution < 1.29 is 28.2 Å². The predicted molar refractivity (Wildman–Crippen MR) is 80.1 cm³/mol. The molecule has 0 radical (unpaired) electrons. The molecule has 1 atom stereocenters. The number of aromatic nitrogens is 1. The van der Waals surface area contributed by atoms with Crippen LogP contribution in [0.1, 0.15) is 16.1 Å². The lowest BCUT2D eigenvalue weighted by atomic mass is 10.1. The Bertz CT molecular complexity index is 720. The van der Waals surface area contributed by atoms with Gasteiger partial charge < -0.3 is 15.5 Å². The minimum Gasteiger partial charge on any atom is -0.394 e. The number of benzene rings is 1. The molecule has 128 valence electrons. The maximum absolute atomic E-state index is 12.7. The lowest BCUT2D eigenvalue weighted by Gasteiger charge is -2.10. The highest BCUT2D eigenvalue weighted by Gasteiger charge is 2.32. The van der Waals surface area contributed by atoms with Gasteiger partial charge in [0.05, 0.1) is 18.4 Å². The Morgan fingerprint density at radius 2 is 1.92 bits per heavy atom. The van der Waals surface area contributed by atoms with Crippen molar-refractivity contribution in [3.05, 3.63) is 53.7 Å². The molecule has 0 bridgehead atoms.